The smallest absolute Gasteiger partial charge is 0.253 e. The number of nitrogens with zero attached hydrogens (tertiary/aromatic N) is 3. The molecule has 7 nitrogen and oxygen atoms in total. The van der Waals surface area contributed by atoms with Gasteiger partial charge in [0.1, 0.15) is 11.6 Å². The van der Waals surface area contributed by atoms with Crippen molar-refractivity contribution in [2.24, 2.45) is 5.92 Å². The van der Waals surface area contributed by atoms with Crippen LogP contribution >= 0.6 is 0 Å². The fraction of sp³-hybridized carbons (Fsp3) is 0.375. The average Bonchev–Trinajstić information content (AvgIpc) is 3.42. The lowest BCUT2D eigenvalue weighted by atomic mass is 9.71. The van der Waals surface area contributed by atoms with E-state index in [1.54, 1.807) is 54.3 Å². The maximum atomic E-state index is 14.1. The predicted molar refractivity (Wildman–Crippen MR) is 151 cm³/mol. The molecule has 1 aliphatic heterocycles. The molecule has 1 atom stereocenters. The fourth-order valence-corrected chi connectivity index (χ4v) is 5.72. The van der Waals surface area contributed by atoms with E-state index in [4.69, 9.17) is 4.52 Å². The van der Waals surface area contributed by atoms with Gasteiger partial charge in [-0.3, -0.25) is 9.59 Å². The van der Waals surface area contributed by atoms with Gasteiger partial charge < -0.3 is 14.7 Å². The molecule has 1 aromatic heterocycles. The Balaban J connectivity index is 1.35. The number of rotatable bonds is 7. The zero-order valence-corrected chi connectivity index (χ0v) is 23.5. The summed E-state index contributed by atoms with van der Waals surface area (Å²) in [4.78, 5) is 33.5. The van der Waals surface area contributed by atoms with Crippen LogP contribution in [-0.4, -0.2) is 46.0 Å². The Bertz CT molecular complexity index is 1470. The van der Waals surface area contributed by atoms with Gasteiger partial charge in [-0.2, -0.15) is 4.98 Å². The second kappa shape index (κ2) is 11.8. The molecule has 214 valence electrons. The van der Waals surface area contributed by atoms with Crippen molar-refractivity contribution in [3.63, 3.8) is 0 Å². The topological polar surface area (TPSA) is 88.3 Å². The summed E-state index contributed by atoms with van der Waals surface area (Å²) in [6.45, 7) is 6.48. The lowest BCUT2D eigenvalue weighted by Crippen LogP contribution is -2.55. The zero-order chi connectivity index (χ0) is 29.1. The van der Waals surface area contributed by atoms with Gasteiger partial charge in [-0.15, -0.1) is 0 Å². The molecule has 2 aliphatic rings. The first kappa shape index (κ1) is 28.4. The lowest BCUT2D eigenvalue weighted by molar-refractivity contribution is -0.129. The molecular formula is C32H34F2N4O3. The summed E-state index contributed by atoms with van der Waals surface area (Å²) in [7, 11) is 0. The van der Waals surface area contributed by atoms with Gasteiger partial charge in [-0.1, -0.05) is 49.3 Å². The Labute approximate surface area is 238 Å². The Kier molecular flexibility index (Phi) is 8.15. The van der Waals surface area contributed by atoms with E-state index >= 15 is 0 Å². The highest BCUT2D eigenvalue weighted by Gasteiger charge is 2.45. The van der Waals surface area contributed by atoms with Crippen LogP contribution in [-0.2, 0) is 10.2 Å². The van der Waals surface area contributed by atoms with Gasteiger partial charge in [0.25, 0.3) is 5.91 Å². The molecule has 1 unspecified atom stereocenters. The van der Waals surface area contributed by atoms with Crippen molar-refractivity contribution >= 4 is 11.8 Å². The minimum Gasteiger partial charge on any atom is -0.349 e. The number of allylic oxidation sites excluding steroid dienone is 3. The van der Waals surface area contributed by atoms with Crippen molar-refractivity contribution in [3.05, 3.63) is 94.9 Å². The second-order valence-corrected chi connectivity index (χ2v) is 11.1. The highest BCUT2D eigenvalue weighted by Crippen LogP contribution is 2.38. The van der Waals surface area contributed by atoms with Crippen molar-refractivity contribution in [2.75, 3.05) is 13.1 Å². The summed E-state index contributed by atoms with van der Waals surface area (Å²) in [5.41, 5.74) is 2.03. The molecular weight excluding hydrogens is 526 g/mol. The van der Waals surface area contributed by atoms with Gasteiger partial charge in [0.2, 0.25) is 17.6 Å². The van der Waals surface area contributed by atoms with Gasteiger partial charge in [0.15, 0.2) is 0 Å². The van der Waals surface area contributed by atoms with Crippen LogP contribution in [0.3, 0.4) is 0 Å². The predicted octanol–water partition coefficient (Wildman–Crippen LogP) is 6.07. The van der Waals surface area contributed by atoms with Crippen molar-refractivity contribution in [1.29, 1.82) is 0 Å². The average molecular weight is 561 g/mol. The lowest BCUT2D eigenvalue weighted by Gasteiger charge is -2.42. The van der Waals surface area contributed by atoms with Crippen LogP contribution in [0.15, 0.2) is 76.6 Å². The Morgan fingerprint density at radius 2 is 1.66 bits per heavy atom. The minimum atomic E-state index is -0.936. The minimum absolute atomic E-state index is 0.0889. The molecule has 9 heteroatoms. The largest absolute Gasteiger partial charge is 0.349 e. The summed E-state index contributed by atoms with van der Waals surface area (Å²) in [5, 5.41) is 7.16. The number of benzene rings is 2. The van der Waals surface area contributed by atoms with Crippen molar-refractivity contribution in [1.82, 2.24) is 20.4 Å². The quantitative estimate of drug-likeness (QED) is 0.379. The molecule has 0 bridgehead atoms. The monoisotopic (exact) mass is 560 g/mol. The van der Waals surface area contributed by atoms with E-state index in [1.807, 2.05) is 13.8 Å². The van der Waals surface area contributed by atoms with Gasteiger partial charge in [-0.05, 0) is 66.7 Å². The number of hydrogen-bond acceptors (Lipinski definition) is 5. The summed E-state index contributed by atoms with van der Waals surface area (Å²) in [6, 6.07) is 12.8. The van der Waals surface area contributed by atoms with E-state index in [-0.39, 0.29) is 35.4 Å². The molecule has 2 amide bonds. The van der Waals surface area contributed by atoms with Crippen LogP contribution in [0.25, 0.3) is 11.4 Å². The first-order valence-electron chi connectivity index (χ1n) is 14.0. The molecule has 1 aliphatic carbocycles. The number of amides is 2. The third-order valence-corrected chi connectivity index (χ3v) is 8.14. The fourth-order valence-electron chi connectivity index (χ4n) is 5.72. The third-order valence-electron chi connectivity index (χ3n) is 8.14. The maximum absolute atomic E-state index is 14.1. The molecule has 0 radical (unpaired) electrons. The molecule has 2 aromatic carbocycles. The number of piperidine rings is 1. The molecule has 1 N–H and O–H groups in total. The van der Waals surface area contributed by atoms with Crippen LogP contribution in [0.2, 0.25) is 0 Å². The molecule has 5 rings (SSSR count). The van der Waals surface area contributed by atoms with Gasteiger partial charge in [-0.25, -0.2) is 8.78 Å². The molecule has 3 aromatic rings. The third kappa shape index (κ3) is 5.99. The first-order valence-corrected chi connectivity index (χ1v) is 14.0. The van der Waals surface area contributed by atoms with Gasteiger partial charge in [0, 0.05) is 37.6 Å². The zero-order valence-electron chi connectivity index (χ0n) is 23.5. The number of aromatic nitrogens is 2. The number of nitrogens with one attached hydrogen (secondary N) is 1. The Hall–Kier alpha value is -4.14. The van der Waals surface area contributed by atoms with Crippen molar-refractivity contribution < 1.29 is 22.9 Å². The van der Waals surface area contributed by atoms with Crippen LogP contribution < -0.4 is 5.32 Å². The van der Waals surface area contributed by atoms with E-state index in [0.717, 1.165) is 11.1 Å². The molecule has 41 heavy (non-hydrogen) atoms. The number of likely N-dealkylation sites (tertiary alicyclic amines) is 1. The van der Waals surface area contributed by atoms with Crippen LogP contribution in [0.4, 0.5) is 8.78 Å². The number of hydrogen-bond donors (Lipinski definition) is 1. The standard InChI is InChI=1S/C32H34F2N4O3/c1-20(2)28(22-8-12-26(33)13-9-22)36-31(40)32(25-10-14-27(34)15-11-25)16-18-38(19-17-32)30(39)24-6-4-23(5-7-24)29-35-21(3)41-37-29/h4-8,10-12,14-15,20,28H,9,13,16-19H2,1-3H3,(H,36,40). The maximum Gasteiger partial charge on any atom is 0.253 e. The van der Waals surface area contributed by atoms with E-state index in [1.165, 1.54) is 18.2 Å². The molecule has 2 heterocycles. The van der Waals surface area contributed by atoms with Crippen LogP contribution in [0.1, 0.15) is 61.3 Å². The summed E-state index contributed by atoms with van der Waals surface area (Å²) in [6.07, 6.45) is 4.86. The molecule has 0 spiro atoms. The van der Waals surface area contributed by atoms with Gasteiger partial charge >= 0.3 is 0 Å². The van der Waals surface area contributed by atoms with E-state index in [9.17, 15) is 18.4 Å². The Morgan fingerprint density at radius 1 is 0.976 bits per heavy atom. The summed E-state index contributed by atoms with van der Waals surface area (Å²) >= 11 is 0. The Morgan fingerprint density at radius 3 is 2.22 bits per heavy atom. The second-order valence-electron chi connectivity index (χ2n) is 11.1. The van der Waals surface area contributed by atoms with Crippen LogP contribution in [0, 0.1) is 18.7 Å². The highest BCUT2D eigenvalue weighted by molar-refractivity contribution is 5.95. The normalized spacial score (nSPS) is 17.6. The molecule has 0 saturated carbocycles. The molecule has 1 fully saturated rings. The van der Waals surface area contributed by atoms with Gasteiger partial charge in [0.05, 0.1) is 11.5 Å². The highest BCUT2D eigenvalue weighted by atomic mass is 19.1. The van der Waals surface area contributed by atoms with Crippen molar-refractivity contribution in [3.8, 4) is 11.4 Å². The number of halogens is 2. The summed E-state index contributed by atoms with van der Waals surface area (Å²) < 4.78 is 32.6. The van der Waals surface area contributed by atoms with E-state index in [0.29, 0.717) is 61.6 Å². The van der Waals surface area contributed by atoms with E-state index < -0.39 is 5.41 Å². The SMILES string of the molecule is Cc1nc(-c2ccc(C(=O)N3CCC(C(=O)NC(C4=CC=C(F)CC4)C(C)C)(c4ccc(F)cc4)CC3)cc2)no1. The number of aryl methyl sites for hydroxylation is 1. The van der Waals surface area contributed by atoms with Crippen LogP contribution in [0.5, 0.6) is 0 Å². The number of carbonyl (C=O) groups is 2. The molecule has 1 saturated heterocycles. The number of carbonyl (C=O) groups excluding carboxylic acids is 2. The first-order chi connectivity index (χ1) is 19.7. The van der Waals surface area contributed by atoms with Crippen molar-refractivity contribution in [2.45, 2.75) is 57.9 Å². The van der Waals surface area contributed by atoms with E-state index in [2.05, 4.69) is 15.5 Å². The summed E-state index contributed by atoms with van der Waals surface area (Å²) in [5.74, 6) is 0.175.